The van der Waals surface area contributed by atoms with Crippen molar-refractivity contribution in [1.29, 1.82) is 0 Å². The minimum atomic E-state index is -0.452. The van der Waals surface area contributed by atoms with Crippen molar-refractivity contribution in [3.8, 4) is 11.3 Å². The molecule has 1 N–H and O–H groups in total. The molecule has 0 aliphatic rings. The van der Waals surface area contributed by atoms with Gasteiger partial charge in [-0.2, -0.15) is 0 Å². The Kier molecular flexibility index (Phi) is 5.59. The van der Waals surface area contributed by atoms with E-state index in [1.807, 2.05) is 0 Å². The lowest BCUT2D eigenvalue weighted by Gasteiger charge is -2.04. The Labute approximate surface area is 152 Å². The van der Waals surface area contributed by atoms with Gasteiger partial charge in [0, 0.05) is 17.7 Å². The molecule has 0 aliphatic carbocycles. The summed E-state index contributed by atoms with van der Waals surface area (Å²) in [7, 11) is 0. The zero-order chi connectivity index (χ0) is 18.4. The second-order valence-corrected chi connectivity index (χ2v) is 6.20. The molecule has 3 aromatic rings. The molecule has 2 heterocycles. The lowest BCUT2D eigenvalue weighted by atomic mass is 10.1. The molecule has 26 heavy (non-hydrogen) atoms. The van der Waals surface area contributed by atoms with Crippen LogP contribution >= 0.6 is 11.8 Å². The summed E-state index contributed by atoms with van der Waals surface area (Å²) in [6, 6.07) is 13.2. The number of non-ortho nitro benzene ring substituents is 1. The monoisotopic (exact) mass is 370 g/mol. The van der Waals surface area contributed by atoms with E-state index >= 15 is 0 Å². The number of nitrogens with one attached hydrogen (secondary N) is 1. The summed E-state index contributed by atoms with van der Waals surface area (Å²) in [5.41, 5.74) is 1.36. The fourth-order valence-corrected chi connectivity index (χ4v) is 2.74. The van der Waals surface area contributed by atoms with E-state index in [2.05, 4.69) is 15.5 Å². The first-order chi connectivity index (χ1) is 12.6. The number of furan rings is 1. The third kappa shape index (κ3) is 4.67. The van der Waals surface area contributed by atoms with Crippen molar-refractivity contribution >= 4 is 23.4 Å². The van der Waals surface area contributed by atoms with E-state index in [0.717, 1.165) is 5.56 Å². The highest BCUT2D eigenvalue weighted by Crippen LogP contribution is 2.22. The third-order valence-electron chi connectivity index (χ3n) is 3.40. The van der Waals surface area contributed by atoms with Crippen LogP contribution < -0.4 is 5.32 Å². The number of thioether (sulfide) groups is 1. The Hall–Kier alpha value is -3.20. The summed E-state index contributed by atoms with van der Waals surface area (Å²) in [5.74, 6) is 0.773. The van der Waals surface area contributed by atoms with Crippen LogP contribution in [0, 0.1) is 10.1 Å². The molecule has 0 fully saturated rings. The zero-order valence-electron chi connectivity index (χ0n) is 13.5. The highest BCUT2D eigenvalue weighted by Gasteiger charge is 2.08. The zero-order valence-corrected chi connectivity index (χ0v) is 14.3. The number of hydrogen-bond donors (Lipinski definition) is 1. The molecule has 0 radical (unpaired) electrons. The number of hydrogen-bond acceptors (Lipinski definition) is 7. The molecular formula is C17H14N4O4S. The van der Waals surface area contributed by atoms with Gasteiger partial charge in [-0.3, -0.25) is 14.9 Å². The third-order valence-corrected chi connectivity index (χ3v) is 4.33. The molecule has 1 aromatic carbocycles. The maximum absolute atomic E-state index is 11.8. The second-order valence-electron chi connectivity index (χ2n) is 5.21. The number of nitrogens with zero attached hydrogens (tertiary/aromatic N) is 3. The highest BCUT2D eigenvalue weighted by molar-refractivity contribution is 7.99. The Morgan fingerprint density at radius 3 is 2.58 bits per heavy atom. The van der Waals surface area contributed by atoms with Gasteiger partial charge in [0.1, 0.15) is 10.8 Å². The minimum Gasteiger partial charge on any atom is -0.467 e. The standard InChI is InChI=1S/C17H14N4O4S/c22-16(18-10-14-2-1-9-25-14)11-26-17-8-7-15(19-20-17)12-3-5-13(6-4-12)21(23)24/h1-9H,10-11H2,(H,18,22). The summed E-state index contributed by atoms with van der Waals surface area (Å²) in [4.78, 5) is 22.0. The number of nitro groups is 1. The van der Waals surface area contributed by atoms with Gasteiger partial charge >= 0.3 is 0 Å². The Morgan fingerprint density at radius 2 is 1.96 bits per heavy atom. The SMILES string of the molecule is O=C(CSc1ccc(-c2ccc([N+](=O)[O-])cc2)nn1)NCc1ccco1. The fraction of sp³-hybridized carbons (Fsp3) is 0.118. The molecule has 0 spiro atoms. The molecule has 0 bridgehead atoms. The van der Waals surface area contributed by atoms with E-state index < -0.39 is 4.92 Å². The van der Waals surface area contributed by atoms with E-state index in [0.29, 0.717) is 23.0 Å². The Balaban J connectivity index is 1.52. The summed E-state index contributed by atoms with van der Waals surface area (Å²) >= 11 is 1.27. The summed E-state index contributed by atoms with van der Waals surface area (Å²) in [5, 5.41) is 22.2. The first kappa shape index (κ1) is 17.6. The van der Waals surface area contributed by atoms with Crippen molar-refractivity contribution in [3.63, 3.8) is 0 Å². The normalized spacial score (nSPS) is 10.5. The van der Waals surface area contributed by atoms with Crippen molar-refractivity contribution in [2.24, 2.45) is 0 Å². The molecular weight excluding hydrogens is 356 g/mol. The number of aromatic nitrogens is 2. The molecule has 2 aromatic heterocycles. The first-order valence-corrected chi connectivity index (χ1v) is 8.61. The van der Waals surface area contributed by atoms with E-state index in [9.17, 15) is 14.9 Å². The van der Waals surface area contributed by atoms with Crippen molar-refractivity contribution < 1.29 is 14.1 Å². The smallest absolute Gasteiger partial charge is 0.269 e. The van der Waals surface area contributed by atoms with Gasteiger partial charge in [-0.25, -0.2) is 0 Å². The Bertz CT molecular complexity index is 880. The van der Waals surface area contributed by atoms with Gasteiger partial charge in [0.15, 0.2) is 0 Å². The minimum absolute atomic E-state index is 0.0226. The van der Waals surface area contributed by atoms with Gasteiger partial charge < -0.3 is 9.73 Å². The van der Waals surface area contributed by atoms with Gasteiger partial charge in [-0.1, -0.05) is 11.8 Å². The largest absolute Gasteiger partial charge is 0.467 e. The molecule has 0 aliphatic heterocycles. The van der Waals surface area contributed by atoms with Crippen LogP contribution in [0.25, 0.3) is 11.3 Å². The van der Waals surface area contributed by atoms with Crippen LogP contribution in [0.2, 0.25) is 0 Å². The maximum Gasteiger partial charge on any atom is 0.269 e. The van der Waals surface area contributed by atoms with Gasteiger partial charge in [0.2, 0.25) is 5.91 Å². The predicted molar refractivity (Wildman–Crippen MR) is 95.4 cm³/mol. The summed E-state index contributed by atoms with van der Waals surface area (Å²) in [6.07, 6.45) is 1.55. The van der Waals surface area contributed by atoms with Crippen LogP contribution in [-0.2, 0) is 11.3 Å². The van der Waals surface area contributed by atoms with Gasteiger partial charge in [-0.05, 0) is 36.4 Å². The molecule has 0 atom stereocenters. The van der Waals surface area contributed by atoms with E-state index in [-0.39, 0.29) is 17.3 Å². The Morgan fingerprint density at radius 1 is 1.15 bits per heavy atom. The van der Waals surface area contributed by atoms with Crippen LogP contribution in [-0.4, -0.2) is 26.8 Å². The number of nitro benzene ring substituents is 1. The highest BCUT2D eigenvalue weighted by atomic mass is 32.2. The number of rotatable bonds is 7. The molecule has 8 nitrogen and oxygen atoms in total. The molecule has 132 valence electrons. The average Bonchev–Trinajstić information content (AvgIpc) is 3.19. The van der Waals surface area contributed by atoms with Gasteiger partial charge in [0.05, 0.1) is 29.2 Å². The van der Waals surface area contributed by atoms with Gasteiger partial charge in [0.25, 0.3) is 5.69 Å². The summed E-state index contributed by atoms with van der Waals surface area (Å²) < 4.78 is 5.14. The van der Waals surface area contributed by atoms with Crippen molar-refractivity contribution in [2.75, 3.05) is 5.75 Å². The van der Waals surface area contributed by atoms with Crippen LogP contribution in [0.3, 0.4) is 0 Å². The molecule has 3 rings (SSSR count). The lowest BCUT2D eigenvalue weighted by molar-refractivity contribution is -0.384. The molecule has 1 amide bonds. The number of carbonyl (C=O) groups excluding carboxylic acids is 1. The molecule has 0 unspecified atom stereocenters. The van der Waals surface area contributed by atoms with E-state index in [1.165, 1.54) is 23.9 Å². The van der Waals surface area contributed by atoms with E-state index in [4.69, 9.17) is 4.42 Å². The first-order valence-electron chi connectivity index (χ1n) is 7.62. The van der Waals surface area contributed by atoms with Crippen molar-refractivity contribution in [1.82, 2.24) is 15.5 Å². The van der Waals surface area contributed by atoms with E-state index in [1.54, 1.807) is 42.7 Å². The number of amides is 1. The lowest BCUT2D eigenvalue weighted by Crippen LogP contribution is -2.24. The van der Waals surface area contributed by atoms with Crippen molar-refractivity contribution in [2.45, 2.75) is 11.6 Å². The van der Waals surface area contributed by atoms with Crippen LogP contribution in [0.15, 0.2) is 64.2 Å². The van der Waals surface area contributed by atoms with Crippen LogP contribution in [0.1, 0.15) is 5.76 Å². The number of carbonyl (C=O) groups is 1. The van der Waals surface area contributed by atoms with Crippen molar-refractivity contribution in [3.05, 3.63) is 70.7 Å². The number of benzene rings is 1. The maximum atomic E-state index is 11.8. The quantitative estimate of drug-likeness (QED) is 0.386. The summed E-state index contributed by atoms with van der Waals surface area (Å²) in [6.45, 7) is 0.344. The van der Waals surface area contributed by atoms with Crippen LogP contribution in [0.5, 0.6) is 0 Å². The fourth-order valence-electron chi connectivity index (χ4n) is 2.09. The van der Waals surface area contributed by atoms with Gasteiger partial charge in [-0.15, -0.1) is 10.2 Å². The second kappa shape index (κ2) is 8.26. The molecule has 9 heteroatoms. The average molecular weight is 370 g/mol. The predicted octanol–water partition coefficient (Wildman–Crippen LogP) is 3.05. The van der Waals surface area contributed by atoms with Crippen LogP contribution in [0.4, 0.5) is 5.69 Å². The topological polar surface area (TPSA) is 111 Å². The molecule has 0 saturated heterocycles. The molecule has 0 saturated carbocycles.